The fraction of sp³-hybridized carbons (Fsp3) is 0.250. The number of anilines is 2. The van der Waals surface area contributed by atoms with Crippen LogP contribution >= 0.6 is 0 Å². The number of aromatic carboxylic acids is 1. The molecule has 0 unspecified atom stereocenters. The summed E-state index contributed by atoms with van der Waals surface area (Å²) in [6, 6.07) is 9.41. The second-order valence-electron chi connectivity index (χ2n) is 11.0. The quantitative estimate of drug-likeness (QED) is 0.213. The van der Waals surface area contributed by atoms with Gasteiger partial charge < -0.3 is 26.0 Å². The molecule has 0 fully saturated rings. The molecule has 0 saturated heterocycles. The van der Waals surface area contributed by atoms with Crippen LogP contribution in [-0.4, -0.2) is 52.2 Å². The third kappa shape index (κ3) is 5.22. The molecule has 2 aliphatic rings. The topological polar surface area (TPSA) is 188 Å². The first-order chi connectivity index (χ1) is 21.6. The molecule has 1 aliphatic heterocycles. The Kier molecular flexibility index (Phi) is 7.44. The van der Waals surface area contributed by atoms with Gasteiger partial charge in [-0.15, -0.1) is 0 Å². The van der Waals surface area contributed by atoms with Gasteiger partial charge in [-0.05, 0) is 53.6 Å². The highest BCUT2D eigenvalue weighted by molar-refractivity contribution is 6.03. The average Bonchev–Trinajstić information content (AvgIpc) is 3.44. The normalized spacial score (nSPS) is 15.4. The number of carbonyl (C=O) groups is 4. The number of carboxylic acid groups (broad SMARTS) is 1. The number of Topliss-reactive ketones (excluding diaryl/α,β-unsaturated/α-hetero) is 1. The van der Waals surface area contributed by atoms with Crippen molar-refractivity contribution < 1.29 is 24.3 Å². The lowest BCUT2D eigenvalue weighted by atomic mass is 9.95. The number of rotatable bonds is 8. The fourth-order valence-corrected chi connectivity index (χ4v) is 6.12. The number of aromatic nitrogens is 2. The lowest BCUT2D eigenvalue weighted by Gasteiger charge is -2.31. The van der Waals surface area contributed by atoms with Crippen LogP contribution in [0, 0.1) is 6.92 Å². The van der Waals surface area contributed by atoms with Crippen LogP contribution in [0.3, 0.4) is 0 Å². The van der Waals surface area contributed by atoms with Crippen molar-refractivity contribution >= 4 is 34.9 Å². The van der Waals surface area contributed by atoms with Crippen molar-refractivity contribution in [1.29, 1.82) is 0 Å². The maximum absolute atomic E-state index is 13.1. The first-order valence-electron chi connectivity index (χ1n) is 14.2. The lowest BCUT2D eigenvalue weighted by molar-refractivity contribution is 0.0695. The molecule has 4 aromatic rings. The van der Waals surface area contributed by atoms with Gasteiger partial charge in [0.15, 0.2) is 5.78 Å². The van der Waals surface area contributed by atoms with Crippen molar-refractivity contribution in [1.82, 2.24) is 20.6 Å². The smallest absolute Gasteiger partial charge is 0.335 e. The molecule has 4 N–H and O–H groups in total. The van der Waals surface area contributed by atoms with Crippen molar-refractivity contribution in [3.63, 3.8) is 0 Å². The molecule has 13 heteroatoms. The van der Waals surface area contributed by atoms with E-state index in [0.29, 0.717) is 35.1 Å². The molecular formula is C32H28N6O7. The molecule has 228 valence electrons. The Morgan fingerprint density at radius 3 is 2.47 bits per heavy atom. The molecule has 0 saturated carbocycles. The highest BCUT2D eigenvalue weighted by atomic mass is 16.4. The Morgan fingerprint density at radius 1 is 0.978 bits per heavy atom. The second-order valence-corrected chi connectivity index (χ2v) is 11.0. The molecule has 0 radical (unpaired) electrons. The molecule has 3 aromatic carbocycles. The Morgan fingerprint density at radius 2 is 1.73 bits per heavy atom. The number of nitrogens with zero attached hydrogens (tertiary/aromatic N) is 3. The molecule has 1 atom stereocenters. The Labute approximate surface area is 256 Å². The van der Waals surface area contributed by atoms with Gasteiger partial charge in [0.2, 0.25) is 0 Å². The van der Waals surface area contributed by atoms with Crippen molar-refractivity contribution in [2.24, 2.45) is 0 Å². The van der Waals surface area contributed by atoms with E-state index >= 15 is 0 Å². The van der Waals surface area contributed by atoms with Crippen LogP contribution in [0.2, 0.25) is 0 Å². The number of benzene rings is 2. The van der Waals surface area contributed by atoms with Crippen LogP contribution in [0.5, 0.6) is 0 Å². The summed E-state index contributed by atoms with van der Waals surface area (Å²) in [6.45, 7) is 2.09. The first-order valence-corrected chi connectivity index (χ1v) is 14.2. The summed E-state index contributed by atoms with van der Waals surface area (Å²) >= 11 is 0. The molecule has 2 amide bonds. The largest absolute Gasteiger partial charge is 0.478 e. The molecule has 2 heterocycles. The van der Waals surface area contributed by atoms with Gasteiger partial charge in [-0.3, -0.25) is 24.0 Å². The molecule has 0 bridgehead atoms. The molecule has 13 nitrogen and oxygen atoms in total. The van der Waals surface area contributed by atoms with Crippen LogP contribution in [-0.2, 0) is 19.5 Å². The fourth-order valence-electron chi connectivity index (χ4n) is 6.12. The number of carboxylic acids is 1. The Balaban J connectivity index is 1.11. The number of nitrogens with one attached hydrogen (secondary N) is 3. The molecule has 1 aliphatic carbocycles. The van der Waals surface area contributed by atoms with Crippen LogP contribution in [0.1, 0.15) is 82.0 Å². The SMILES string of the molecule is CNc1c(N2CC(=O)c3ccc(CNC(=O)c4cc(C(=O)N[C@H]5CCc6c5ccc(C(=O)O)c6C)ncn4)cc3C2)c(=O)c1=O. The molecular weight excluding hydrogens is 580 g/mol. The summed E-state index contributed by atoms with van der Waals surface area (Å²) in [4.78, 5) is 83.9. The Bertz CT molecular complexity index is 1990. The minimum atomic E-state index is -0.996. The van der Waals surface area contributed by atoms with Crippen LogP contribution in [0.15, 0.2) is 52.3 Å². The predicted molar refractivity (Wildman–Crippen MR) is 163 cm³/mol. The molecule has 1 aromatic heterocycles. The summed E-state index contributed by atoms with van der Waals surface area (Å²) in [5.74, 6) is -2.21. The average molecular weight is 609 g/mol. The first kappa shape index (κ1) is 29.4. The van der Waals surface area contributed by atoms with Crippen LogP contribution < -0.4 is 31.7 Å². The van der Waals surface area contributed by atoms with Crippen LogP contribution in [0.25, 0.3) is 0 Å². The van der Waals surface area contributed by atoms with Gasteiger partial charge in [0.05, 0.1) is 18.2 Å². The zero-order valence-corrected chi connectivity index (χ0v) is 24.4. The van der Waals surface area contributed by atoms with E-state index in [1.807, 2.05) is 0 Å². The van der Waals surface area contributed by atoms with Crippen molar-refractivity contribution in [2.75, 3.05) is 23.8 Å². The van der Waals surface area contributed by atoms with Gasteiger partial charge in [-0.2, -0.15) is 0 Å². The van der Waals surface area contributed by atoms with Crippen molar-refractivity contribution in [3.8, 4) is 0 Å². The van der Waals surface area contributed by atoms with E-state index in [2.05, 4.69) is 25.9 Å². The maximum atomic E-state index is 13.1. The minimum Gasteiger partial charge on any atom is -0.478 e. The summed E-state index contributed by atoms with van der Waals surface area (Å²) in [5, 5.41) is 17.8. The predicted octanol–water partition coefficient (Wildman–Crippen LogP) is 1.67. The zero-order valence-electron chi connectivity index (χ0n) is 24.4. The van der Waals surface area contributed by atoms with E-state index in [9.17, 15) is 33.9 Å². The van der Waals surface area contributed by atoms with Gasteiger partial charge >= 0.3 is 5.97 Å². The number of hydrogen-bond acceptors (Lipinski definition) is 10. The van der Waals surface area contributed by atoms with E-state index in [1.165, 1.54) is 6.07 Å². The van der Waals surface area contributed by atoms with Gasteiger partial charge in [-0.1, -0.05) is 24.3 Å². The number of hydrogen-bond donors (Lipinski definition) is 4. The maximum Gasteiger partial charge on any atom is 0.335 e. The van der Waals surface area contributed by atoms with E-state index in [4.69, 9.17) is 0 Å². The standard InChI is InChI=1S/C32H28N6O7/c1-15-18-7-8-22(21(18)6-5-19(15)32(44)45)37-31(43)24-10-23(35-14-36-24)30(42)34-11-16-3-4-20-17(9-16)12-38(13-25(20)39)27-26(33-2)28(40)29(27)41/h3-6,9-10,14,22,33H,7-8,11-13H2,1-2H3,(H,34,42)(H,37,43)(H,44,45)/t22-/m0/s1. The van der Waals surface area contributed by atoms with E-state index in [0.717, 1.165) is 17.5 Å². The highest BCUT2D eigenvalue weighted by Crippen LogP contribution is 2.35. The Hall–Kier alpha value is -5.72. The summed E-state index contributed by atoms with van der Waals surface area (Å²) in [5.41, 5.74) is 3.72. The number of ketones is 1. The van der Waals surface area contributed by atoms with E-state index in [-0.39, 0.29) is 59.8 Å². The summed E-state index contributed by atoms with van der Waals surface area (Å²) < 4.78 is 0. The second kappa shape index (κ2) is 11.4. The van der Waals surface area contributed by atoms with E-state index < -0.39 is 28.6 Å². The lowest BCUT2D eigenvalue weighted by Crippen LogP contribution is -2.45. The molecule has 0 spiro atoms. The van der Waals surface area contributed by atoms with Gasteiger partial charge in [-0.25, -0.2) is 14.8 Å². The monoisotopic (exact) mass is 608 g/mol. The summed E-state index contributed by atoms with van der Waals surface area (Å²) in [7, 11) is 1.54. The zero-order chi connectivity index (χ0) is 32.0. The van der Waals surface area contributed by atoms with Gasteiger partial charge in [0.25, 0.3) is 22.7 Å². The molecule has 45 heavy (non-hydrogen) atoms. The van der Waals surface area contributed by atoms with Crippen LogP contribution in [0.4, 0.5) is 11.4 Å². The van der Waals surface area contributed by atoms with Crippen molar-refractivity contribution in [2.45, 2.75) is 38.9 Å². The third-order valence-electron chi connectivity index (χ3n) is 8.43. The highest BCUT2D eigenvalue weighted by Gasteiger charge is 2.31. The number of fused-ring (bicyclic) bond motifs is 2. The van der Waals surface area contributed by atoms with Crippen molar-refractivity contribution in [3.05, 3.63) is 114 Å². The number of carbonyl (C=O) groups excluding carboxylic acids is 3. The summed E-state index contributed by atoms with van der Waals surface area (Å²) in [6.07, 6.45) is 2.37. The van der Waals surface area contributed by atoms with E-state index in [1.54, 1.807) is 49.2 Å². The number of amides is 2. The van der Waals surface area contributed by atoms with Gasteiger partial charge in [0, 0.05) is 31.8 Å². The third-order valence-corrected chi connectivity index (χ3v) is 8.43. The molecule has 6 rings (SSSR count). The van der Waals surface area contributed by atoms with Gasteiger partial charge in [0.1, 0.15) is 29.1 Å². The minimum absolute atomic E-state index is 0.00845.